The Morgan fingerprint density at radius 1 is 1.08 bits per heavy atom. The van der Waals surface area contributed by atoms with Crippen molar-refractivity contribution in [3.63, 3.8) is 0 Å². The topological polar surface area (TPSA) is 58.6 Å². The van der Waals surface area contributed by atoms with Gasteiger partial charge in [0.15, 0.2) is 0 Å². The normalized spacial score (nSPS) is 23.0. The fourth-order valence-electron chi connectivity index (χ4n) is 3.38. The Labute approximate surface area is 147 Å². The Morgan fingerprint density at radius 3 is 2.28 bits per heavy atom. The van der Waals surface area contributed by atoms with Crippen LogP contribution in [0, 0.1) is 5.92 Å². The van der Waals surface area contributed by atoms with Crippen molar-refractivity contribution in [1.29, 1.82) is 0 Å². The number of urea groups is 1. The maximum Gasteiger partial charge on any atom is 0.318 e. The van der Waals surface area contributed by atoms with E-state index in [0.717, 1.165) is 11.1 Å². The lowest BCUT2D eigenvalue weighted by Gasteiger charge is -2.43. The van der Waals surface area contributed by atoms with E-state index < -0.39 is 12.0 Å². The Bertz CT molecular complexity index is 733. The van der Waals surface area contributed by atoms with Gasteiger partial charge in [-0.2, -0.15) is 0 Å². The van der Waals surface area contributed by atoms with Crippen molar-refractivity contribution in [3.05, 3.63) is 71.8 Å². The van der Waals surface area contributed by atoms with Gasteiger partial charge >= 0.3 is 12.0 Å². The lowest BCUT2D eigenvalue weighted by molar-refractivity contribution is -0.149. The van der Waals surface area contributed by atoms with Crippen molar-refractivity contribution in [2.45, 2.75) is 25.6 Å². The van der Waals surface area contributed by atoms with Gasteiger partial charge in [-0.1, -0.05) is 60.7 Å². The quantitative estimate of drug-likeness (QED) is 0.872. The molecular formula is C20H22N2O3. The number of esters is 1. The van der Waals surface area contributed by atoms with Crippen LogP contribution < -0.4 is 5.32 Å². The fraction of sp³-hybridized carbons (Fsp3) is 0.300. The average molecular weight is 338 g/mol. The summed E-state index contributed by atoms with van der Waals surface area (Å²) in [6, 6.07) is 18.4. The van der Waals surface area contributed by atoms with Crippen molar-refractivity contribution in [1.82, 2.24) is 10.2 Å². The summed E-state index contributed by atoms with van der Waals surface area (Å²) in [5.41, 5.74) is 1.92. The number of carbonyl (C=O) groups excluding carboxylic acids is 2. The molecule has 2 aromatic rings. The van der Waals surface area contributed by atoms with Gasteiger partial charge in [0.1, 0.15) is 5.92 Å². The van der Waals surface area contributed by atoms with Crippen LogP contribution in [0.2, 0.25) is 0 Å². The van der Waals surface area contributed by atoms with E-state index in [1.807, 2.05) is 67.6 Å². The van der Waals surface area contributed by atoms with Crippen molar-refractivity contribution >= 4 is 12.0 Å². The molecule has 0 aromatic heterocycles. The summed E-state index contributed by atoms with van der Waals surface area (Å²) in [6.07, 6.45) is 0. The number of hydrogen-bond donors (Lipinski definition) is 1. The van der Waals surface area contributed by atoms with E-state index in [1.165, 1.54) is 7.11 Å². The number of amides is 2. The Balaban J connectivity index is 1.90. The highest BCUT2D eigenvalue weighted by molar-refractivity contribution is 5.82. The third-order valence-corrected chi connectivity index (χ3v) is 4.74. The molecule has 5 heteroatoms. The van der Waals surface area contributed by atoms with Gasteiger partial charge in [-0.3, -0.25) is 4.79 Å². The first-order valence-electron chi connectivity index (χ1n) is 8.35. The summed E-state index contributed by atoms with van der Waals surface area (Å²) in [6.45, 7) is 2.35. The molecular weight excluding hydrogens is 316 g/mol. The zero-order valence-corrected chi connectivity index (χ0v) is 14.4. The van der Waals surface area contributed by atoms with Crippen molar-refractivity contribution < 1.29 is 14.3 Å². The van der Waals surface area contributed by atoms with Crippen LogP contribution in [0.15, 0.2) is 60.7 Å². The van der Waals surface area contributed by atoms with E-state index in [2.05, 4.69) is 5.32 Å². The van der Waals surface area contributed by atoms with Gasteiger partial charge < -0.3 is 15.0 Å². The standard InChI is InChI=1S/C20H22N2O3/c1-14-17(19(23)25-2)18(16-11-7-4-8-12-16)21-20(24)22(14)13-15-9-5-3-6-10-15/h3-12,14,17-18H,13H2,1-2H3,(H,21,24)/t14-,17-,18-/m1/s1. The molecule has 0 radical (unpaired) electrons. The first-order chi connectivity index (χ1) is 12.1. The summed E-state index contributed by atoms with van der Waals surface area (Å²) >= 11 is 0. The van der Waals surface area contributed by atoms with E-state index in [0.29, 0.717) is 6.54 Å². The van der Waals surface area contributed by atoms with Gasteiger partial charge in [0, 0.05) is 12.6 Å². The van der Waals surface area contributed by atoms with Crippen molar-refractivity contribution in [3.8, 4) is 0 Å². The molecule has 25 heavy (non-hydrogen) atoms. The highest BCUT2D eigenvalue weighted by Crippen LogP contribution is 2.33. The van der Waals surface area contributed by atoms with E-state index in [-0.39, 0.29) is 18.0 Å². The molecule has 1 heterocycles. The van der Waals surface area contributed by atoms with Gasteiger partial charge in [-0.15, -0.1) is 0 Å². The average Bonchev–Trinajstić information content (AvgIpc) is 2.65. The number of carbonyl (C=O) groups is 2. The zero-order chi connectivity index (χ0) is 17.8. The van der Waals surface area contributed by atoms with Gasteiger partial charge in [0.2, 0.25) is 0 Å². The van der Waals surface area contributed by atoms with Crippen molar-refractivity contribution in [2.24, 2.45) is 5.92 Å². The second kappa shape index (κ2) is 7.38. The highest BCUT2D eigenvalue weighted by atomic mass is 16.5. The smallest absolute Gasteiger partial charge is 0.318 e. The van der Waals surface area contributed by atoms with Crippen LogP contribution in [0.4, 0.5) is 4.79 Å². The monoisotopic (exact) mass is 338 g/mol. The molecule has 1 fully saturated rings. The molecule has 3 atom stereocenters. The third-order valence-electron chi connectivity index (χ3n) is 4.74. The fourth-order valence-corrected chi connectivity index (χ4v) is 3.38. The summed E-state index contributed by atoms with van der Waals surface area (Å²) in [5, 5.41) is 2.98. The van der Waals surface area contributed by atoms with E-state index in [9.17, 15) is 9.59 Å². The second-order valence-electron chi connectivity index (χ2n) is 6.24. The molecule has 1 aliphatic rings. The molecule has 3 rings (SSSR count). The summed E-state index contributed by atoms with van der Waals surface area (Å²) in [7, 11) is 1.38. The van der Waals surface area contributed by atoms with Crippen LogP contribution in [-0.4, -0.2) is 30.1 Å². The van der Waals surface area contributed by atoms with Gasteiger partial charge in [-0.25, -0.2) is 4.79 Å². The van der Waals surface area contributed by atoms with E-state index in [1.54, 1.807) is 4.90 Å². The number of rotatable bonds is 4. The maximum atomic E-state index is 12.7. The molecule has 2 amide bonds. The maximum absolute atomic E-state index is 12.7. The van der Waals surface area contributed by atoms with Crippen LogP contribution in [0.5, 0.6) is 0 Å². The van der Waals surface area contributed by atoms with Crippen LogP contribution in [0.1, 0.15) is 24.1 Å². The predicted octanol–water partition coefficient (Wildman–Crippen LogP) is 3.13. The molecule has 0 saturated carbocycles. The highest BCUT2D eigenvalue weighted by Gasteiger charge is 2.44. The van der Waals surface area contributed by atoms with E-state index in [4.69, 9.17) is 4.74 Å². The number of hydrogen-bond acceptors (Lipinski definition) is 3. The molecule has 1 aliphatic heterocycles. The van der Waals surface area contributed by atoms with E-state index >= 15 is 0 Å². The molecule has 0 bridgehead atoms. The Kier molecular flexibility index (Phi) is 5.03. The predicted molar refractivity (Wildman–Crippen MR) is 94.7 cm³/mol. The van der Waals surface area contributed by atoms with Crippen LogP contribution in [0.25, 0.3) is 0 Å². The molecule has 0 spiro atoms. The molecule has 0 aliphatic carbocycles. The molecule has 1 saturated heterocycles. The largest absolute Gasteiger partial charge is 0.469 e. The molecule has 130 valence electrons. The van der Waals surface area contributed by atoms with Gasteiger partial charge in [0.05, 0.1) is 13.2 Å². The Morgan fingerprint density at radius 2 is 1.68 bits per heavy atom. The summed E-state index contributed by atoms with van der Waals surface area (Å²) < 4.78 is 5.03. The van der Waals surface area contributed by atoms with Crippen LogP contribution in [0.3, 0.4) is 0 Å². The first-order valence-corrected chi connectivity index (χ1v) is 8.35. The number of benzene rings is 2. The Hall–Kier alpha value is -2.82. The minimum atomic E-state index is -0.478. The van der Waals surface area contributed by atoms with Crippen molar-refractivity contribution in [2.75, 3.05) is 7.11 Å². The lowest BCUT2D eigenvalue weighted by Crippen LogP contribution is -2.59. The van der Waals surface area contributed by atoms with Crippen LogP contribution in [-0.2, 0) is 16.1 Å². The molecule has 0 unspecified atom stereocenters. The molecule has 1 N–H and O–H groups in total. The summed E-state index contributed by atoms with van der Waals surface area (Å²) in [5.74, 6) is -0.798. The van der Waals surface area contributed by atoms with Gasteiger partial charge in [-0.05, 0) is 18.1 Å². The minimum Gasteiger partial charge on any atom is -0.469 e. The zero-order valence-electron chi connectivity index (χ0n) is 14.4. The number of ether oxygens (including phenoxy) is 1. The number of nitrogens with one attached hydrogen (secondary N) is 1. The molecule has 2 aromatic carbocycles. The lowest BCUT2D eigenvalue weighted by atomic mass is 9.85. The summed E-state index contributed by atoms with van der Waals surface area (Å²) in [4.78, 5) is 26.9. The number of methoxy groups -OCH3 is 1. The first kappa shape index (κ1) is 17.0. The number of nitrogens with zero attached hydrogens (tertiary/aromatic N) is 1. The van der Waals surface area contributed by atoms with Crippen LogP contribution >= 0.6 is 0 Å². The minimum absolute atomic E-state index is 0.176. The second-order valence-corrected chi connectivity index (χ2v) is 6.24. The molecule has 5 nitrogen and oxygen atoms in total. The third kappa shape index (κ3) is 3.50. The van der Waals surface area contributed by atoms with Gasteiger partial charge in [0.25, 0.3) is 0 Å². The SMILES string of the molecule is COC(=O)[C@H]1[C@@H](c2ccccc2)NC(=O)N(Cc2ccccc2)[C@@H]1C.